The third-order valence-electron chi connectivity index (χ3n) is 1.45. The molecule has 0 bridgehead atoms. The predicted octanol–water partition coefficient (Wildman–Crippen LogP) is -3.38. The third-order valence-corrected chi connectivity index (χ3v) is 1.45. The number of hydrogen-bond acceptors (Lipinski definition) is 1. The minimum absolute atomic E-state index is 0. The van der Waals surface area contributed by atoms with Crippen LogP contribution in [0.4, 0.5) is 0 Å². The van der Waals surface area contributed by atoms with E-state index in [9.17, 15) is 0 Å². The topological polar surface area (TPSA) is 23.9 Å². The number of nitrogens with one attached hydrogen (secondary N) is 1. The molecule has 0 saturated heterocycles. The van der Waals surface area contributed by atoms with E-state index in [0.717, 1.165) is 6.42 Å². The third kappa shape index (κ3) is 22.5. The molecule has 1 N–H and O–H groups in total. The first-order valence-electron chi connectivity index (χ1n) is 3.90. The van der Waals surface area contributed by atoms with Crippen LogP contribution in [0.25, 0.3) is 0 Å². The van der Waals surface area contributed by atoms with Gasteiger partial charge in [0, 0.05) is 0 Å². The molecule has 0 aromatic heterocycles. The monoisotopic (exact) mass is 237 g/mol. The van der Waals surface area contributed by atoms with Crippen LogP contribution in [0.2, 0.25) is 0 Å². The number of hydrogen-bond donors (Lipinski definition) is 1. The molecule has 0 aliphatic heterocycles. The summed E-state index contributed by atoms with van der Waals surface area (Å²) in [6, 6.07) is 0. The van der Waals surface area contributed by atoms with Crippen LogP contribution in [0.1, 0.15) is 45.4 Å². The van der Waals surface area contributed by atoms with Gasteiger partial charge in [0.25, 0.3) is 0 Å². The van der Waals surface area contributed by atoms with Crippen molar-refractivity contribution in [3.8, 4) is 0 Å². The van der Waals surface area contributed by atoms with Gasteiger partial charge >= 0.3 is 37.7 Å². The van der Waals surface area contributed by atoms with Gasteiger partial charge in [0.05, 0.1) is 0 Å². The molecular formula is C8H17CaCl2N. The molecular weight excluding hydrogens is 221 g/mol. The summed E-state index contributed by atoms with van der Waals surface area (Å²) < 4.78 is 0. The molecule has 0 aliphatic rings. The molecule has 12 heavy (non-hydrogen) atoms. The van der Waals surface area contributed by atoms with Gasteiger partial charge in [-0.1, -0.05) is 32.6 Å². The molecule has 0 fully saturated rings. The van der Waals surface area contributed by atoms with Crippen molar-refractivity contribution in [1.82, 2.24) is 0 Å². The largest absolute Gasteiger partial charge is 2.00 e. The van der Waals surface area contributed by atoms with Gasteiger partial charge < -0.3 is 30.2 Å². The van der Waals surface area contributed by atoms with Gasteiger partial charge in [-0.05, 0) is 19.1 Å². The average molecular weight is 238 g/mol. The second-order valence-corrected chi connectivity index (χ2v) is 2.41. The van der Waals surface area contributed by atoms with Crippen LogP contribution >= 0.6 is 0 Å². The molecule has 0 saturated carbocycles. The average Bonchev–Trinajstić information content (AvgIpc) is 1.89. The van der Waals surface area contributed by atoms with E-state index in [0.29, 0.717) is 0 Å². The standard InChI is InChI=1S/C8H17N.Ca.2ClH/c1-2-3-4-5-6-7-8-9;;;/h8-9H,2-7H2,1H3;;2*1H/q;+2;;/p-2. The van der Waals surface area contributed by atoms with E-state index in [1.54, 1.807) is 0 Å². The van der Waals surface area contributed by atoms with E-state index in [1.165, 1.54) is 38.3 Å². The fraction of sp³-hybridized carbons (Fsp3) is 0.875. The van der Waals surface area contributed by atoms with Crippen molar-refractivity contribution in [2.24, 2.45) is 0 Å². The first-order chi connectivity index (χ1) is 4.41. The summed E-state index contributed by atoms with van der Waals surface area (Å²) in [7, 11) is 0. The second-order valence-electron chi connectivity index (χ2n) is 2.41. The molecule has 0 aromatic rings. The second kappa shape index (κ2) is 22.9. The SMILES string of the molecule is CCCCCCCC=N.[Ca+2].[Cl-].[Cl-]. The minimum Gasteiger partial charge on any atom is -1.00 e. The molecule has 0 rings (SSSR count). The van der Waals surface area contributed by atoms with E-state index in [2.05, 4.69) is 6.92 Å². The minimum atomic E-state index is 0. The normalized spacial score (nSPS) is 7.08. The molecule has 0 spiro atoms. The van der Waals surface area contributed by atoms with Gasteiger partial charge in [-0.3, -0.25) is 0 Å². The Bertz CT molecular complexity index is 72.1. The van der Waals surface area contributed by atoms with Crippen LogP contribution in [-0.2, 0) is 0 Å². The Morgan fingerprint density at radius 3 is 1.92 bits per heavy atom. The summed E-state index contributed by atoms with van der Waals surface area (Å²) in [4.78, 5) is 0. The number of unbranched alkanes of at least 4 members (excludes halogenated alkanes) is 5. The Morgan fingerprint density at radius 1 is 1.00 bits per heavy atom. The zero-order valence-corrected chi connectivity index (χ0v) is 11.5. The Hall–Kier alpha value is 1.51. The maximum Gasteiger partial charge on any atom is 2.00 e. The van der Waals surface area contributed by atoms with Crippen LogP contribution in [0.15, 0.2) is 0 Å². The van der Waals surface area contributed by atoms with Gasteiger partial charge in [-0.25, -0.2) is 0 Å². The zero-order chi connectivity index (χ0) is 6.95. The van der Waals surface area contributed by atoms with Crippen molar-refractivity contribution in [1.29, 1.82) is 5.41 Å². The summed E-state index contributed by atoms with van der Waals surface area (Å²) in [6.45, 7) is 2.22. The van der Waals surface area contributed by atoms with Crippen molar-refractivity contribution in [3.63, 3.8) is 0 Å². The Balaban J connectivity index is -0.000000107. The van der Waals surface area contributed by atoms with Gasteiger partial charge in [0.1, 0.15) is 0 Å². The zero-order valence-electron chi connectivity index (χ0n) is 7.78. The predicted molar refractivity (Wildman–Crippen MR) is 47.9 cm³/mol. The first-order valence-corrected chi connectivity index (χ1v) is 3.90. The maximum absolute atomic E-state index is 6.76. The summed E-state index contributed by atoms with van der Waals surface area (Å²) >= 11 is 0. The van der Waals surface area contributed by atoms with Crippen molar-refractivity contribution < 1.29 is 24.8 Å². The van der Waals surface area contributed by atoms with E-state index in [4.69, 9.17) is 5.41 Å². The van der Waals surface area contributed by atoms with Crippen molar-refractivity contribution in [3.05, 3.63) is 0 Å². The molecule has 0 aromatic carbocycles. The fourth-order valence-electron chi connectivity index (χ4n) is 0.850. The van der Waals surface area contributed by atoms with Crippen LogP contribution in [0.3, 0.4) is 0 Å². The molecule has 0 radical (unpaired) electrons. The summed E-state index contributed by atoms with van der Waals surface area (Å²) in [6.07, 6.45) is 9.02. The van der Waals surface area contributed by atoms with Crippen LogP contribution < -0.4 is 24.8 Å². The van der Waals surface area contributed by atoms with Crippen molar-refractivity contribution >= 4 is 44.0 Å². The molecule has 1 nitrogen and oxygen atoms in total. The van der Waals surface area contributed by atoms with Crippen molar-refractivity contribution in [2.75, 3.05) is 0 Å². The Morgan fingerprint density at radius 2 is 1.50 bits per heavy atom. The quantitative estimate of drug-likeness (QED) is 0.284. The van der Waals surface area contributed by atoms with Gasteiger partial charge in [0.2, 0.25) is 0 Å². The molecule has 4 heteroatoms. The summed E-state index contributed by atoms with van der Waals surface area (Å²) in [5, 5.41) is 6.76. The fourth-order valence-corrected chi connectivity index (χ4v) is 0.850. The van der Waals surface area contributed by atoms with E-state index in [1.807, 2.05) is 0 Å². The number of halogens is 2. The van der Waals surface area contributed by atoms with Crippen LogP contribution in [-0.4, -0.2) is 44.0 Å². The molecule has 70 valence electrons. The summed E-state index contributed by atoms with van der Waals surface area (Å²) in [5.41, 5.74) is 0. The molecule has 0 unspecified atom stereocenters. The van der Waals surface area contributed by atoms with Gasteiger partial charge in [0.15, 0.2) is 0 Å². The molecule has 0 heterocycles. The maximum atomic E-state index is 6.76. The van der Waals surface area contributed by atoms with Crippen LogP contribution in [0.5, 0.6) is 0 Å². The van der Waals surface area contributed by atoms with Crippen molar-refractivity contribution in [2.45, 2.75) is 45.4 Å². The first kappa shape index (κ1) is 23.4. The van der Waals surface area contributed by atoms with E-state index < -0.39 is 0 Å². The molecule has 0 atom stereocenters. The smallest absolute Gasteiger partial charge is 1.00 e. The van der Waals surface area contributed by atoms with E-state index >= 15 is 0 Å². The Labute approximate surface area is 118 Å². The van der Waals surface area contributed by atoms with E-state index in [-0.39, 0.29) is 62.6 Å². The van der Waals surface area contributed by atoms with Gasteiger partial charge in [-0.15, -0.1) is 0 Å². The Kier molecular flexibility index (Phi) is 44.6. The molecule has 0 aliphatic carbocycles. The molecule has 0 amide bonds. The summed E-state index contributed by atoms with van der Waals surface area (Å²) in [5.74, 6) is 0. The number of rotatable bonds is 6. The van der Waals surface area contributed by atoms with Crippen LogP contribution in [0, 0.1) is 5.41 Å². The van der Waals surface area contributed by atoms with Gasteiger partial charge in [-0.2, -0.15) is 0 Å².